The van der Waals surface area contributed by atoms with E-state index in [0.717, 1.165) is 28.7 Å². The minimum Gasteiger partial charge on any atom is -0.497 e. The van der Waals surface area contributed by atoms with Gasteiger partial charge in [-0.05, 0) is 55.0 Å². The predicted octanol–water partition coefficient (Wildman–Crippen LogP) is 5.23. The van der Waals surface area contributed by atoms with E-state index in [-0.39, 0.29) is 40.2 Å². The number of ether oxygens (including phenoxy) is 2. The van der Waals surface area contributed by atoms with Crippen LogP contribution in [0, 0.1) is 0 Å². The Morgan fingerprint density at radius 3 is 2.39 bits per heavy atom. The van der Waals surface area contributed by atoms with E-state index in [9.17, 15) is 26.4 Å². The lowest BCUT2D eigenvalue weighted by atomic mass is 10.1. The molecule has 0 radical (unpaired) electrons. The zero-order chi connectivity index (χ0) is 27.5. The lowest BCUT2D eigenvalue weighted by molar-refractivity contribution is -0.137. The highest BCUT2D eigenvalue weighted by Gasteiger charge is 2.34. The minimum atomic E-state index is -4.65. The van der Waals surface area contributed by atoms with Crippen LogP contribution in [0.5, 0.6) is 5.75 Å². The SMILES string of the molecule is CCOC(=O)c1cnc2cc(C(F)(F)F)ccc2c1N(Cc1cccnc1)S(=O)(=O)c1ccc(OC)cc1. The van der Waals surface area contributed by atoms with Crippen LogP contribution in [-0.4, -0.2) is 38.1 Å². The summed E-state index contributed by atoms with van der Waals surface area (Å²) >= 11 is 0. The Morgan fingerprint density at radius 1 is 1.05 bits per heavy atom. The molecule has 8 nitrogen and oxygen atoms in total. The molecule has 0 aliphatic carbocycles. The zero-order valence-electron chi connectivity index (χ0n) is 20.3. The van der Waals surface area contributed by atoms with Crippen LogP contribution >= 0.6 is 0 Å². The molecule has 2 aromatic heterocycles. The van der Waals surface area contributed by atoms with Gasteiger partial charge in [-0.1, -0.05) is 12.1 Å². The Balaban J connectivity index is 2.02. The average Bonchev–Trinajstić information content (AvgIpc) is 2.91. The van der Waals surface area contributed by atoms with Crippen LogP contribution in [0.2, 0.25) is 0 Å². The second kappa shape index (κ2) is 10.7. The average molecular weight is 546 g/mol. The van der Waals surface area contributed by atoms with Crippen molar-refractivity contribution in [3.8, 4) is 5.75 Å². The molecular formula is C26H22F3N3O5S. The highest BCUT2D eigenvalue weighted by molar-refractivity contribution is 7.92. The number of hydrogen-bond acceptors (Lipinski definition) is 7. The molecule has 0 fully saturated rings. The summed E-state index contributed by atoms with van der Waals surface area (Å²) in [5.41, 5.74) is -1.04. The first-order valence-electron chi connectivity index (χ1n) is 11.3. The van der Waals surface area contributed by atoms with Crippen LogP contribution < -0.4 is 9.04 Å². The molecule has 4 rings (SSSR count). The van der Waals surface area contributed by atoms with Gasteiger partial charge in [0, 0.05) is 24.0 Å². The summed E-state index contributed by atoms with van der Waals surface area (Å²) in [7, 11) is -2.95. The molecule has 0 bridgehead atoms. The number of aromatic nitrogens is 2. The fourth-order valence-corrected chi connectivity index (χ4v) is 5.29. The highest BCUT2D eigenvalue weighted by atomic mass is 32.2. The van der Waals surface area contributed by atoms with Crippen molar-refractivity contribution >= 4 is 32.6 Å². The van der Waals surface area contributed by atoms with E-state index in [0.29, 0.717) is 11.3 Å². The van der Waals surface area contributed by atoms with Crippen LogP contribution in [0.1, 0.15) is 28.4 Å². The Kier molecular flexibility index (Phi) is 7.53. The number of nitrogens with zero attached hydrogens (tertiary/aromatic N) is 3. The number of fused-ring (bicyclic) bond motifs is 1. The number of sulfonamides is 1. The summed E-state index contributed by atoms with van der Waals surface area (Å²) < 4.78 is 79.6. The molecule has 0 aliphatic rings. The second-order valence-electron chi connectivity index (χ2n) is 8.02. The first-order valence-corrected chi connectivity index (χ1v) is 12.7. The van der Waals surface area contributed by atoms with Crippen molar-refractivity contribution in [3.05, 3.63) is 89.9 Å². The lowest BCUT2D eigenvalue weighted by Gasteiger charge is -2.27. The number of carbonyl (C=O) groups excluding carboxylic acids is 1. The third kappa shape index (κ3) is 5.40. The molecule has 0 spiro atoms. The molecule has 0 saturated carbocycles. The monoisotopic (exact) mass is 545 g/mol. The van der Waals surface area contributed by atoms with Crippen molar-refractivity contribution < 1.29 is 35.9 Å². The second-order valence-corrected chi connectivity index (χ2v) is 9.88. The summed E-state index contributed by atoms with van der Waals surface area (Å²) in [5, 5.41) is 0.0181. The van der Waals surface area contributed by atoms with Gasteiger partial charge in [0.15, 0.2) is 0 Å². The first-order chi connectivity index (χ1) is 18.1. The van der Waals surface area contributed by atoms with Crippen molar-refractivity contribution in [1.29, 1.82) is 0 Å². The van der Waals surface area contributed by atoms with Crippen LogP contribution in [0.3, 0.4) is 0 Å². The van der Waals surface area contributed by atoms with Crippen molar-refractivity contribution in [2.75, 3.05) is 18.0 Å². The van der Waals surface area contributed by atoms with Gasteiger partial charge in [0.05, 0.1) is 41.9 Å². The Morgan fingerprint density at radius 2 is 1.79 bits per heavy atom. The Bertz CT molecular complexity index is 1560. The molecule has 0 unspecified atom stereocenters. The Hall–Kier alpha value is -4.19. The normalized spacial score (nSPS) is 11.8. The van der Waals surface area contributed by atoms with E-state index < -0.39 is 27.7 Å². The van der Waals surface area contributed by atoms with Crippen LogP contribution in [0.4, 0.5) is 18.9 Å². The standard InChI is InChI=1S/C26H22F3N3O5S/c1-3-37-25(33)22-15-31-23-13-18(26(27,28)29)6-11-21(23)24(22)32(16-17-5-4-12-30-14-17)38(34,35)20-9-7-19(36-2)8-10-20/h4-15H,3,16H2,1-2H3. The van der Waals surface area contributed by atoms with Gasteiger partial charge in [-0.2, -0.15) is 13.2 Å². The number of pyridine rings is 2. The fraction of sp³-hybridized carbons (Fsp3) is 0.192. The zero-order valence-corrected chi connectivity index (χ0v) is 21.1. The Labute approximate surface area is 216 Å². The van der Waals surface area contributed by atoms with Gasteiger partial charge >= 0.3 is 12.1 Å². The molecule has 12 heteroatoms. The van der Waals surface area contributed by atoms with Gasteiger partial charge in [-0.25, -0.2) is 13.2 Å². The maximum atomic E-state index is 14.1. The van der Waals surface area contributed by atoms with Gasteiger partial charge in [0.2, 0.25) is 0 Å². The predicted molar refractivity (Wildman–Crippen MR) is 133 cm³/mol. The van der Waals surface area contributed by atoms with E-state index in [2.05, 4.69) is 9.97 Å². The highest BCUT2D eigenvalue weighted by Crippen LogP contribution is 2.38. The molecule has 38 heavy (non-hydrogen) atoms. The smallest absolute Gasteiger partial charge is 0.416 e. The molecule has 0 amide bonds. The molecule has 2 aromatic carbocycles. The number of anilines is 1. The number of benzene rings is 2. The largest absolute Gasteiger partial charge is 0.497 e. The summed E-state index contributed by atoms with van der Waals surface area (Å²) in [6.45, 7) is 1.27. The van der Waals surface area contributed by atoms with Crippen LogP contribution in [-0.2, 0) is 27.5 Å². The topological polar surface area (TPSA) is 98.7 Å². The van der Waals surface area contributed by atoms with E-state index in [1.54, 1.807) is 19.1 Å². The minimum absolute atomic E-state index is 0.0167. The molecule has 2 heterocycles. The molecule has 0 saturated heterocycles. The summed E-state index contributed by atoms with van der Waals surface area (Å²) in [6.07, 6.45) is -0.669. The number of alkyl halides is 3. The number of methoxy groups -OCH3 is 1. The number of carbonyl (C=O) groups is 1. The van der Waals surface area contributed by atoms with E-state index in [1.807, 2.05) is 0 Å². The number of hydrogen-bond donors (Lipinski definition) is 0. The number of halogens is 3. The van der Waals surface area contributed by atoms with Gasteiger partial charge in [0.1, 0.15) is 11.3 Å². The maximum absolute atomic E-state index is 14.1. The molecular weight excluding hydrogens is 523 g/mol. The van der Waals surface area contributed by atoms with Gasteiger partial charge in [-0.3, -0.25) is 14.3 Å². The molecule has 4 aromatic rings. The first kappa shape index (κ1) is 26.9. The van der Waals surface area contributed by atoms with Gasteiger partial charge in [-0.15, -0.1) is 0 Å². The molecule has 0 atom stereocenters. The summed E-state index contributed by atoms with van der Waals surface area (Å²) in [6, 6.07) is 11.5. The number of rotatable bonds is 8. The van der Waals surface area contributed by atoms with Gasteiger partial charge < -0.3 is 9.47 Å². The van der Waals surface area contributed by atoms with Crippen LogP contribution in [0.25, 0.3) is 10.9 Å². The van der Waals surface area contributed by atoms with E-state index in [1.165, 1.54) is 43.8 Å². The number of esters is 1. The van der Waals surface area contributed by atoms with Gasteiger partial charge in [0.25, 0.3) is 10.0 Å². The summed E-state index contributed by atoms with van der Waals surface area (Å²) in [4.78, 5) is 20.9. The lowest BCUT2D eigenvalue weighted by Crippen LogP contribution is -2.32. The fourth-order valence-electron chi connectivity index (χ4n) is 3.80. The molecule has 198 valence electrons. The third-order valence-electron chi connectivity index (χ3n) is 5.61. The van der Waals surface area contributed by atoms with Crippen molar-refractivity contribution in [3.63, 3.8) is 0 Å². The van der Waals surface area contributed by atoms with Crippen LogP contribution in [0.15, 0.2) is 78.1 Å². The van der Waals surface area contributed by atoms with E-state index >= 15 is 0 Å². The summed E-state index contributed by atoms with van der Waals surface area (Å²) in [5.74, 6) is -0.457. The molecule has 0 aliphatic heterocycles. The van der Waals surface area contributed by atoms with E-state index in [4.69, 9.17) is 9.47 Å². The molecule has 0 N–H and O–H groups in total. The maximum Gasteiger partial charge on any atom is 0.416 e. The quantitative estimate of drug-likeness (QED) is 0.280. The van der Waals surface area contributed by atoms with Crippen molar-refractivity contribution in [2.24, 2.45) is 0 Å². The third-order valence-corrected chi connectivity index (χ3v) is 7.37. The van der Waals surface area contributed by atoms with Crippen molar-refractivity contribution in [1.82, 2.24) is 9.97 Å². The van der Waals surface area contributed by atoms with Crippen molar-refractivity contribution in [2.45, 2.75) is 24.5 Å².